The number of hydrogen-bond acceptors (Lipinski definition) is 13. The summed E-state index contributed by atoms with van der Waals surface area (Å²) in [5.74, 6) is -0.393. The van der Waals surface area contributed by atoms with Crippen LogP contribution in [0.2, 0.25) is 5.15 Å². The van der Waals surface area contributed by atoms with Gasteiger partial charge in [-0.15, -0.1) is 0 Å². The normalized spacial score (nSPS) is 14.6. The number of piperidine rings is 1. The molecular formula is C43H63Cl2N7O9. The number of nitrogen functional groups attached to an aromatic ring is 2. The fraction of sp³-hybridized carbons (Fsp3) is 0.558. The van der Waals surface area contributed by atoms with E-state index in [9.17, 15) is 14.4 Å². The van der Waals surface area contributed by atoms with Crippen LogP contribution < -0.4 is 34.5 Å². The summed E-state index contributed by atoms with van der Waals surface area (Å²) < 4.78 is 22.1. The van der Waals surface area contributed by atoms with Gasteiger partial charge in [0.1, 0.15) is 5.69 Å². The lowest BCUT2D eigenvalue weighted by atomic mass is 9.89. The van der Waals surface area contributed by atoms with Crippen LogP contribution in [0, 0.1) is 5.92 Å². The zero-order chi connectivity index (χ0) is 43.0. The number of ether oxygens (including phenoxy) is 4. The third-order valence-electron chi connectivity index (χ3n) is 10.4. The van der Waals surface area contributed by atoms with E-state index in [-0.39, 0.29) is 84.8 Å². The molecule has 0 radical (unpaired) electrons. The van der Waals surface area contributed by atoms with Crippen molar-refractivity contribution in [1.29, 1.82) is 0 Å². The fourth-order valence-corrected chi connectivity index (χ4v) is 7.60. The number of nitrogens with zero attached hydrogens (tertiary/aromatic N) is 3. The molecule has 2 amide bonds. The lowest BCUT2D eigenvalue weighted by molar-refractivity contribution is -0.936. The smallest absolute Gasteiger partial charge is 0.251 e. The molecule has 16 nitrogen and oxygen atoms in total. The van der Waals surface area contributed by atoms with Gasteiger partial charge in [0.15, 0.2) is 22.6 Å². The highest BCUT2D eigenvalue weighted by atomic mass is 35.5. The highest BCUT2D eigenvalue weighted by molar-refractivity contribution is 6.31. The van der Waals surface area contributed by atoms with Gasteiger partial charge in [0.2, 0.25) is 0 Å². The maximum absolute atomic E-state index is 13.4. The standard InChI is InChI=1S/C43H62ClN7O9.ClH/c44-39-41(46)50-40(45)38(49-39)37(54)30-34-6-3-19-51(31-34,17-1-4-32-7-11-35(12-8-32)42(55)47-15-22-57-26-28-59-24-20-52)18-2-5-33-9-13-36(14-10-33)43(56)48-16-23-58-27-29-60-25-21-53;/h7-14,34,52-53H,1-6,15-31H2,(H5-,45,46,47,48,50,54,55,56);1H. The Bertz CT molecular complexity index is 1680. The average molecular weight is 893 g/mol. The summed E-state index contributed by atoms with van der Waals surface area (Å²) in [7, 11) is 0. The number of benzene rings is 2. The molecule has 18 heteroatoms. The molecule has 1 aliphatic rings. The van der Waals surface area contributed by atoms with Gasteiger partial charge in [-0.25, -0.2) is 9.97 Å². The van der Waals surface area contributed by atoms with Crippen LogP contribution in [0.3, 0.4) is 0 Å². The van der Waals surface area contributed by atoms with Gasteiger partial charge in [-0.2, -0.15) is 0 Å². The summed E-state index contributed by atoms with van der Waals surface area (Å²) in [6.45, 7) is 7.30. The first-order valence-corrected chi connectivity index (χ1v) is 21.2. The minimum Gasteiger partial charge on any atom is -1.00 e. The maximum atomic E-state index is 13.4. The van der Waals surface area contributed by atoms with Crippen molar-refractivity contribution >= 4 is 40.8 Å². The number of aliphatic hydroxyl groups excluding tert-OH is 2. The molecule has 1 unspecified atom stereocenters. The van der Waals surface area contributed by atoms with Crippen molar-refractivity contribution in [2.24, 2.45) is 5.92 Å². The van der Waals surface area contributed by atoms with E-state index < -0.39 is 0 Å². The van der Waals surface area contributed by atoms with Crippen LogP contribution in [0.15, 0.2) is 48.5 Å². The average Bonchev–Trinajstić information content (AvgIpc) is 3.24. The number of aliphatic hydroxyl groups is 2. The summed E-state index contributed by atoms with van der Waals surface area (Å²) in [5, 5.41) is 23.2. The minimum absolute atomic E-state index is 0. The van der Waals surface area contributed by atoms with Gasteiger partial charge >= 0.3 is 0 Å². The molecule has 0 aliphatic carbocycles. The molecule has 1 atom stereocenters. The van der Waals surface area contributed by atoms with Gasteiger partial charge in [0.25, 0.3) is 11.8 Å². The zero-order valence-electron chi connectivity index (χ0n) is 35.0. The molecule has 8 N–H and O–H groups in total. The van der Waals surface area contributed by atoms with Crippen molar-refractivity contribution in [3.63, 3.8) is 0 Å². The number of likely N-dealkylation sites (tertiary alicyclic amines) is 1. The van der Waals surface area contributed by atoms with Gasteiger partial charge in [-0.1, -0.05) is 35.9 Å². The van der Waals surface area contributed by atoms with Gasteiger partial charge < -0.3 is 68.2 Å². The van der Waals surface area contributed by atoms with Crippen molar-refractivity contribution in [3.8, 4) is 0 Å². The summed E-state index contributed by atoms with van der Waals surface area (Å²) >= 11 is 6.10. The van der Waals surface area contributed by atoms with Crippen LogP contribution in [-0.2, 0) is 31.8 Å². The van der Waals surface area contributed by atoms with E-state index in [1.807, 2.05) is 48.5 Å². The Morgan fingerprint density at radius 3 is 1.66 bits per heavy atom. The molecule has 338 valence electrons. The number of nitrogens with one attached hydrogen (secondary N) is 2. The molecule has 1 fully saturated rings. The number of amides is 2. The molecular weight excluding hydrogens is 829 g/mol. The first-order chi connectivity index (χ1) is 29.1. The second-order valence-electron chi connectivity index (χ2n) is 15.0. The number of aromatic nitrogens is 2. The monoisotopic (exact) mass is 891 g/mol. The van der Waals surface area contributed by atoms with Crippen LogP contribution in [0.5, 0.6) is 0 Å². The topological polar surface area (TPSA) is 230 Å². The number of hydrogen-bond donors (Lipinski definition) is 6. The number of quaternary nitrogens is 1. The van der Waals surface area contributed by atoms with Gasteiger partial charge in [-0.3, -0.25) is 14.4 Å². The van der Waals surface area contributed by atoms with E-state index >= 15 is 0 Å². The number of nitrogens with two attached hydrogens (primary N) is 2. The van der Waals surface area contributed by atoms with Crippen molar-refractivity contribution in [1.82, 2.24) is 20.6 Å². The number of Topliss-reactive ketones (excluding diaryl/α,β-unsaturated/α-hetero) is 1. The second kappa shape index (κ2) is 28.6. The highest BCUT2D eigenvalue weighted by Crippen LogP contribution is 2.30. The van der Waals surface area contributed by atoms with E-state index in [0.717, 1.165) is 80.3 Å². The Morgan fingerprint density at radius 2 is 1.18 bits per heavy atom. The number of halogens is 2. The molecule has 0 saturated carbocycles. The molecule has 1 aromatic heterocycles. The molecule has 4 rings (SSSR count). The first kappa shape index (κ1) is 51.4. The third-order valence-corrected chi connectivity index (χ3v) is 10.7. The SMILES string of the molecule is Nc1nc(N)c(C(=O)CC2CCC[N+](CCCc3ccc(C(=O)NCCOCCOCCO)cc3)(CCCc3ccc(C(=O)NCCOCCOCCO)cc3)C2)nc1Cl.[Cl-]. The van der Waals surface area contributed by atoms with Gasteiger partial charge in [-0.05, 0) is 61.1 Å². The van der Waals surface area contributed by atoms with Crippen molar-refractivity contribution < 1.29 is 60.4 Å². The molecule has 61 heavy (non-hydrogen) atoms. The lowest BCUT2D eigenvalue weighted by Crippen LogP contribution is -3.00. The van der Waals surface area contributed by atoms with E-state index in [0.29, 0.717) is 70.3 Å². The number of ketones is 1. The van der Waals surface area contributed by atoms with Crippen LogP contribution in [-0.4, -0.2) is 148 Å². The molecule has 2 aromatic carbocycles. The van der Waals surface area contributed by atoms with Crippen LogP contribution in [0.25, 0.3) is 0 Å². The largest absolute Gasteiger partial charge is 1.00 e. The number of carbonyl (C=O) groups excluding carboxylic acids is 3. The predicted octanol–water partition coefficient (Wildman–Crippen LogP) is -0.126. The van der Waals surface area contributed by atoms with E-state index in [2.05, 4.69) is 20.6 Å². The molecule has 3 aromatic rings. The Kier molecular flexibility index (Phi) is 24.1. The Labute approximate surface area is 370 Å². The summed E-state index contributed by atoms with van der Waals surface area (Å²) in [6.07, 6.45) is 5.77. The van der Waals surface area contributed by atoms with Crippen LogP contribution in [0.1, 0.15) is 74.4 Å². The Hall–Kier alpha value is -3.97. The molecule has 1 saturated heterocycles. The Balaban J connectivity index is 0.00000992. The Morgan fingerprint density at radius 1 is 0.705 bits per heavy atom. The molecule has 0 spiro atoms. The van der Waals surface area contributed by atoms with Crippen molar-refractivity contribution in [2.45, 2.75) is 44.9 Å². The highest BCUT2D eigenvalue weighted by Gasteiger charge is 2.36. The number of anilines is 2. The minimum atomic E-state index is -0.187. The summed E-state index contributed by atoms with van der Waals surface area (Å²) in [5.41, 5.74) is 15.3. The molecule has 1 aliphatic heterocycles. The predicted molar refractivity (Wildman–Crippen MR) is 229 cm³/mol. The number of carbonyl (C=O) groups is 3. The van der Waals surface area contributed by atoms with Gasteiger partial charge in [0.05, 0.1) is 92.2 Å². The van der Waals surface area contributed by atoms with Crippen molar-refractivity contribution in [3.05, 3.63) is 81.6 Å². The lowest BCUT2D eigenvalue weighted by Gasteiger charge is -2.45. The second-order valence-corrected chi connectivity index (χ2v) is 15.3. The van der Waals surface area contributed by atoms with Crippen LogP contribution in [0.4, 0.5) is 11.6 Å². The van der Waals surface area contributed by atoms with E-state index in [1.54, 1.807) is 0 Å². The van der Waals surface area contributed by atoms with E-state index in [4.69, 9.17) is 52.2 Å². The molecule has 0 bridgehead atoms. The van der Waals surface area contributed by atoms with Crippen LogP contribution >= 0.6 is 11.6 Å². The number of rotatable bonds is 29. The summed E-state index contributed by atoms with van der Waals surface area (Å²) in [4.78, 5) is 47.0. The van der Waals surface area contributed by atoms with Crippen molar-refractivity contribution in [2.75, 3.05) is 117 Å². The third kappa shape index (κ3) is 18.5. The van der Waals surface area contributed by atoms with E-state index in [1.165, 1.54) is 0 Å². The van der Waals surface area contributed by atoms with Gasteiger partial charge in [0, 0.05) is 49.4 Å². The first-order valence-electron chi connectivity index (χ1n) is 20.9. The maximum Gasteiger partial charge on any atom is 0.251 e. The summed E-state index contributed by atoms with van der Waals surface area (Å²) in [6, 6.07) is 15.4. The number of aryl methyl sites for hydroxylation is 2. The zero-order valence-corrected chi connectivity index (χ0v) is 36.5. The molecule has 2 heterocycles. The fourth-order valence-electron chi connectivity index (χ4n) is 7.47. The quantitative estimate of drug-likeness (QED) is 0.0304.